The van der Waals surface area contributed by atoms with Gasteiger partial charge in [0.1, 0.15) is 5.75 Å². The van der Waals surface area contributed by atoms with Crippen molar-refractivity contribution >= 4 is 29.2 Å². The number of hydrogen-bond donors (Lipinski definition) is 0. The lowest BCUT2D eigenvalue weighted by atomic mass is 9.85. The SMILES string of the molecule is O=C(Oc1ccc([N+](=O)[O-])cc1)c1cccc(N2C(=O)[C@H]3CC=CC[C@H]3C2=O)c1. The molecular formula is C21H16N2O6. The zero-order chi connectivity index (χ0) is 20.5. The molecule has 2 aromatic rings. The molecule has 0 N–H and O–H groups in total. The number of imide groups is 1. The van der Waals surface area contributed by atoms with Gasteiger partial charge in [0.25, 0.3) is 5.69 Å². The van der Waals surface area contributed by atoms with Gasteiger partial charge in [0.2, 0.25) is 11.8 Å². The summed E-state index contributed by atoms with van der Waals surface area (Å²) in [5.41, 5.74) is 0.371. The van der Waals surface area contributed by atoms with E-state index in [-0.39, 0.29) is 40.7 Å². The van der Waals surface area contributed by atoms with Crippen molar-refractivity contribution in [3.05, 3.63) is 76.4 Å². The summed E-state index contributed by atoms with van der Waals surface area (Å²) in [7, 11) is 0. The summed E-state index contributed by atoms with van der Waals surface area (Å²) >= 11 is 0. The molecule has 1 aliphatic heterocycles. The van der Waals surface area contributed by atoms with Crippen LogP contribution >= 0.6 is 0 Å². The second-order valence-electron chi connectivity index (χ2n) is 6.86. The van der Waals surface area contributed by atoms with Crippen molar-refractivity contribution in [3.63, 3.8) is 0 Å². The maximum Gasteiger partial charge on any atom is 0.343 e. The Balaban J connectivity index is 1.54. The summed E-state index contributed by atoms with van der Waals surface area (Å²) in [6.45, 7) is 0. The highest BCUT2D eigenvalue weighted by molar-refractivity contribution is 6.22. The van der Waals surface area contributed by atoms with E-state index in [1.54, 1.807) is 12.1 Å². The van der Waals surface area contributed by atoms with Gasteiger partial charge in [-0.3, -0.25) is 24.6 Å². The van der Waals surface area contributed by atoms with Crippen molar-refractivity contribution < 1.29 is 24.0 Å². The van der Waals surface area contributed by atoms with E-state index in [0.29, 0.717) is 18.5 Å². The van der Waals surface area contributed by atoms with Crippen molar-refractivity contribution in [3.8, 4) is 5.75 Å². The molecule has 0 radical (unpaired) electrons. The summed E-state index contributed by atoms with van der Waals surface area (Å²) < 4.78 is 5.24. The molecule has 2 amide bonds. The Morgan fingerprint density at radius 2 is 1.62 bits per heavy atom. The minimum Gasteiger partial charge on any atom is -0.423 e. The summed E-state index contributed by atoms with van der Waals surface area (Å²) in [5, 5.41) is 10.7. The number of hydrogen-bond acceptors (Lipinski definition) is 6. The lowest BCUT2D eigenvalue weighted by molar-refractivity contribution is -0.384. The molecule has 8 nitrogen and oxygen atoms in total. The van der Waals surface area contributed by atoms with Crippen LogP contribution in [0.15, 0.2) is 60.7 Å². The van der Waals surface area contributed by atoms with Gasteiger partial charge in [-0.2, -0.15) is 0 Å². The number of nitrogens with zero attached hydrogens (tertiary/aromatic N) is 2. The molecule has 1 aliphatic carbocycles. The quantitative estimate of drug-likeness (QED) is 0.197. The highest BCUT2D eigenvalue weighted by atomic mass is 16.6. The van der Waals surface area contributed by atoms with Crippen LogP contribution in [0.3, 0.4) is 0 Å². The average Bonchev–Trinajstić information content (AvgIpc) is 2.99. The predicted molar refractivity (Wildman–Crippen MR) is 102 cm³/mol. The molecule has 1 heterocycles. The van der Waals surface area contributed by atoms with Crippen molar-refractivity contribution in [1.29, 1.82) is 0 Å². The summed E-state index contributed by atoms with van der Waals surface area (Å²) in [5.74, 6) is -1.78. The smallest absolute Gasteiger partial charge is 0.343 e. The molecule has 1 fully saturated rings. The number of rotatable bonds is 4. The Bertz CT molecular complexity index is 1020. The monoisotopic (exact) mass is 392 g/mol. The Morgan fingerprint density at radius 3 is 2.21 bits per heavy atom. The van der Waals surface area contributed by atoms with Crippen LogP contribution in [0, 0.1) is 22.0 Å². The predicted octanol–water partition coefficient (Wildman–Crippen LogP) is 3.27. The van der Waals surface area contributed by atoms with E-state index in [1.165, 1.54) is 36.4 Å². The van der Waals surface area contributed by atoms with Crippen LogP contribution < -0.4 is 9.64 Å². The average molecular weight is 392 g/mol. The molecule has 0 saturated carbocycles. The Labute approximate surface area is 165 Å². The van der Waals surface area contributed by atoms with E-state index < -0.39 is 10.9 Å². The highest BCUT2D eigenvalue weighted by Gasteiger charge is 2.47. The minimum atomic E-state index is -0.695. The first-order valence-electron chi connectivity index (χ1n) is 9.05. The van der Waals surface area contributed by atoms with E-state index >= 15 is 0 Å². The van der Waals surface area contributed by atoms with Crippen molar-refractivity contribution in [2.45, 2.75) is 12.8 Å². The summed E-state index contributed by atoms with van der Waals surface area (Å²) in [6, 6.07) is 11.2. The lowest BCUT2D eigenvalue weighted by Gasteiger charge is -2.15. The molecule has 0 bridgehead atoms. The number of carbonyl (C=O) groups is 3. The maximum absolute atomic E-state index is 12.7. The third-order valence-electron chi connectivity index (χ3n) is 5.11. The number of anilines is 1. The number of esters is 1. The second kappa shape index (κ2) is 7.31. The van der Waals surface area contributed by atoms with Gasteiger partial charge in [0.05, 0.1) is 28.0 Å². The standard InChI is InChI=1S/C21H16N2O6/c24-19-17-6-1-2-7-18(17)20(25)22(19)15-5-3-4-13(12-15)21(26)29-16-10-8-14(9-11-16)23(27)28/h1-5,8-12,17-18H,6-7H2/t17-,18+. The van der Waals surface area contributed by atoms with Gasteiger partial charge < -0.3 is 4.74 Å². The number of amides is 2. The van der Waals surface area contributed by atoms with E-state index in [9.17, 15) is 24.5 Å². The first kappa shape index (κ1) is 18.5. The number of benzene rings is 2. The normalized spacial score (nSPS) is 20.5. The molecule has 4 rings (SSSR count). The molecule has 8 heteroatoms. The van der Waals surface area contributed by atoms with Crippen LogP contribution in [-0.4, -0.2) is 22.7 Å². The number of fused-ring (bicyclic) bond motifs is 1. The minimum absolute atomic E-state index is 0.117. The molecule has 0 aromatic heterocycles. The Kier molecular flexibility index (Phi) is 4.67. The van der Waals surface area contributed by atoms with Crippen molar-refractivity contribution in [1.82, 2.24) is 0 Å². The van der Waals surface area contributed by atoms with Crippen molar-refractivity contribution in [2.24, 2.45) is 11.8 Å². The molecule has 2 atom stereocenters. The van der Waals surface area contributed by atoms with Gasteiger partial charge in [-0.05, 0) is 43.2 Å². The van der Waals surface area contributed by atoms with E-state index in [0.717, 1.165) is 4.90 Å². The van der Waals surface area contributed by atoms with E-state index in [4.69, 9.17) is 4.74 Å². The van der Waals surface area contributed by atoms with Gasteiger partial charge in [0.15, 0.2) is 0 Å². The number of carbonyl (C=O) groups excluding carboxylic acids is 3. The molecule has 2 aromatic carbocycles. The van der Waals surface area contributed by atoms with Gasteiger partial charge in [0, 0.05) is 12.1 Å². The molecule has 0 spiro atoms. The van der Waals surface area contributed by atoms with Gasteiger partial charge in [-0.15, -0.1) is 0 Å². The number of nitro benzene ring substituents is 1. The fourth-order valence-corrected chi connectivity index (χ4v) is 3.63. The largest absolute Gasteiger partial charge is 0.423 e. The molecule has 0 unspecified atom stereocenters. The lowest BCUT2D eigenvalue weighted by Crippen LogP contribution is -2.31. The zero-order valence-corrected chi connectivity index (χ0v) is 15.2. The van der Waals surface area contributed by atoms with Crippen LogP contribution in [0.1, 0.15) is 23.2 Å². The first-order chi connectivity index (χ1) is 14.0. The van der Waals surface area contributed by atoms with Crippen LogP contribution in [-0.2, 0) is 9.59 Å². The Morgan fingerprint density at radius 1 is 1.00 bits per heavy atom. The number of nitro groups is 1. The fourth-order valence-electron chi connectivity index (χ4n) is 3.63. The van der Waals surface area contributed by atoms with E-state index in [2.05, 4.69) is 0 Å². The molecular weight excluding hydrogens is 376 g/mol. The van der Waals surface area contributed by atoms with E-state index in [1.807, 2.05) is 12.2 Å². The zero-order valence-electron chi connectivity index (χ0n) is 15.2. The van der Waals surface area contributed by atoms with Crippen molar-refractivity contribution in [2.75, 3.05) is 4.90 Å². The number of non-ortho nitro benzene ring substituents is 1. The van der Waals surface area contributed by atoms with Crippen LogP contribution in [0.25, 0.3) is 0 Å². The molecule has 1 saturated heterocycles. The molecule has 146 valence electrons. The van der Waals surface area contributed by atoms with Crippen LogP contribution in [0.4, 0.5) is 11.4 Å². The molecule has 29 heavy (non-hydrogen) atoms. The summed E-state index contributed by atoms with van der Waals surface area (Å²) in [6.07, 6.45) is 4.89. The summed E-state index contributed by atoms with van der Waals surface area (Å²) in [4.78, 5) is 49.2. The van der Waals surface area contributed by atoms with Gasteiger partial charge in [-0.1, -0.05) is 18.2 Å². The second-order valence-corrected chi connectivity index (χ2v) is 6.86. The first-order valence-corrected chi connectivity index (χ1v) is 9.05. The topological polar surface area (TPSA) is 107 Å². The number of allylic oxidation sites excluding steroid dienone is 2. The van der Waals surface area contributed by atoms with Gasteiger partial charge >= 0.3 is 5.97 Å². The molecule has 2 aliphatic rings. The Hall–Kier alpha value is -3.81. The van der Waals surface area contributed by atoms with Gasteiger partial charge in [-0.25, -0.2) is 4.79 Å². The fraction of sp³-hybridized carbons (Fsp3) is 0.190. The third-order valence-corrected chi connectivity index (χ3v) is 5.11. The number of ether oxygens (including phenoxy) is 1. The van der Waals surface area contributed by atoms with Crippen LogP contribution in [0.2, 0.25) is 0 Å². The maximum atomic E-state index is 12.7. The third kappa shape index (κ3) is 3.40. The highest BCUT2D eigenvalue weighted by Crippen LogP contribution is 2.37. The van der Waals surface area contributed by atoms with Crippen LogP contribution in [0.5, 0.6) is 5.75 Å².